The van der Waals surface area contributed by atoms with Crippen molar-refractivity contribution in [3.05, 3.63) is 35.9 Å². The first-order chi connectivity index (χ1) is 11.7. The van der Waals surface area contributed by atoms with E-state index in [1.165, 1.54) is 18.4 Å². The summed E-state index contributed by atoms with van der Waals surface area (Å²) >= 11 is 0. The zero-order chi connectivity index (χ0) is 16.8. The van der Waals surface area contributed by atoms with Gasteiger partial charge in [-0.05, 0) is 57.2 Å². The predicted molar refractivity (Wildman–Crippen MR) is 98.0 cm³/mol. The zero-order valence-electron chi connectivity index (χ0n) is 14.9. The summed E-state index contributed by atoms with van der Waals surface area (Å²) in [5.74, 6) is 1.05. The van der Waals surface area contributed by atoms with E-state index >= 15 is 0 Å². The minimum absolute atomic E-state index is 0.324. The number of piperidine rings is 2. The number of amides is 1. The van der Waals surface area contributed by atoms with Gasteiger partial charge in [0.2, 0.25) is 5.91 Å². The summed E-state index contributed by atoms with van der Waals surface area (Å²) in [5, 5.41) is 3.35. The van der Waals surface area contributed by atoms with Crippen molar-refractivity contribution in [2.45, 2.75) is 38.1 Å². The van der Waals surface area contributed by atoms with Crippen molar-refractivity contribution >= 4 is 5.91 Å². The minimum atomic E-state index is 0.324. The first-order valence-corrected chi connectivity index (χ1v) is 9.46. The molecular formula is C20H31N3O. The van der Waals surface area contributed by atoms with Gasteiger partial charge in [-0.1, -0.05) is 30.3 Å². The topological polar surface area (TPSA) is 35.6 Å². The molecule has 2 aliphatic rings. The van der Waals surface area contributed by atoms with Crippen LogP contribution >= 0.6 is 0 Å². The quantitative estimate of drug-likeness (QED) is 0.899. The third-order valence-corrected chi connectivity index (χ3v) is 5.61. The van der Waals surface area contributed by atoms with E-state index in [9.17, 15) is 4.79 Å². The molecule has 2 heterocycles. The van der Waals surface area contributed by atoms with Crippen LogP contribution in [-0.2, 0) is 11.2 Å². The Morgan fingerprint density at radius 3 is 2.58 bits per heavy atom. The number of carbonyl (C=O) groups excluding carboxylic acids is 1. The van der Waals surface area contributed by atoms with Crippen LogP contribution in [0.4, 0.5) is 0 Å². The summed E-state index contributed by atoms with van der Waals surface area (Å²) < 4.78 is 0. The summed E-state index contributed by atoms with van der Waals surface area (Å²) in [4.78, 5) is 17.0. The van der Waals surface area contributed by atoms with Crippen molar-refractivity contribution in [2.75, 3.05) is 39.8 Å². The molecule has 0 saturated carbocycles. The molecular weight excluding hydrogens is 298 g/mol. The molecule has 1 amide bonds. The minimum Gasteiger partial charge on any atom is -0.342 e. The van der Waals surface area contributed by atoms with Gasteiger partial charge >= 0.3 is 0 Å². The highest BCUT2D eigenvalue weighted by Gasteiger charge is 2.26. The number of likely N-dealkylation sites (N-methyl/N-ethyl adjacent to an activating group) is 1. The summed E-state index contributed by atoms with van der Waals surface area (Å²) in [6.07, 6.45) is 5.85. The largest absolute Gasteiger partial charge is 0.342 e. The fourth-order valence-electron chi connectivity index (χ4n) is 4.06. The average Bonchev–Trinajstić information content (AvgIpc) is 2.63. The standard InChI is InChI=1S/C20H31N3O/c1-21-19-8-5-11-22(15-19)16-20(24)23-12-9-18(10-13-23)14-17-6-3-2-4-7-17/h2-4,6-7,18-19,21H,5,8-16H2,1H3. The van der Waals surface area contributed by atoms with Gasteiger partial charge in [0.05, 0.1) is 6.54 Å². The van der Waals surface area contributed by atoms with E-state index in [0.717, 1.165) is 51.4 Å². The van der Waals surface area contributed by atoms with Gasteiger partial charge in [-0.3, -0.25) is 9.69 Å². The molecule has 1 N–H and O–H groups in total. The number of nitrogens with one attached hydrogen (secondary N) is 1. The second kappa shape index (κ2) is 8.63. The van der Waals surface area contributed by atoms with Crippen LogP contribution in [0.15, 0.2) is 30.3 Å². The molecule has 24 heavy (non-hydrogen) atoms. The van der Waals surface area contributed by atoms with E-state index in [-0.39, 0.29) is 0 Å². The maximum atomic E-state index is 12.6. The summed E-state index contributed by atoms with van der Waals surface area (Å²) in [5.41, 5.74) is 1.42. The Labute approximate surface area is 146 Å². The lowest BCUT2D eigenvalue weighted by atomic mass is 9.90. The van der Waals surface area contributed by atoms with Crippen molar-refractivity contribution in [3.63, 3.8) is 0 Å². The third-order valence-electron chi connectivity index (χ3n) is 5.61. The predicted octanol–water partition coefficient (Wildman–Crippen LogP) is 2.15. The van der Waals surface area contributed by atoms with Crippen LogP contribution in [-0.4, -0.2) is 61.5 Å². The molecule has 0 spiro atoms. The van der Waals surface area contributed by atoms with Gasteiger partial charge in [-0.25, -0.2) is 0 Å². The Morgan fingerprint density at radius 1 is 1.12 bits per heavy atom. The van der Waals surface area contributed by atoms with E-state index in [2.05, 4.69) is 45.4 Å². The molecule has 1 aromatic rings. The number of carbonyl (C=O) groups is 1. The summed E-state index contributed by atoms with van der Waals surface area (Å²) in [6, 6.07) is 11.3. The van der Waals surface area contributed by atoms with Crippen molar-refractivity contribution in [1.82, 2.24) is 15.1 Å². The molecule has 3 rings (SSSR count). The normalized spacial score (nSPS) is 23.4. The van der Waals surface area contributed by atoms with Crippen molar-refractivity contribution in [3.8, 4) is 0 Å². The van der Waals surface area contributed by atoms with E-state index in [1.54, 1.807) is 0 Å². The van der Waals surface area contributed by atoms with Crippen molar-refractivity contribution in [1.29, 1.82) is 0 Å². The van der Waals surface area contributed by atoms with E-state index < -0.39 is 0 Å². The lowest BCUT2D eigenvalue weighted by Gasteiger charge is -2.36. The number of hydrogen-bond donors (Lipinski definition) is 1. The van der Waals surface area contributed by atoms with Gasteiger partial charge in [0.25, 0.3) is 0 Å². The lowest BCUT2D eigenvalue weighted by Crippen LogP contribution is -2.49. The number of nitrogens with zero attached hydrogens (tertiary/aromatic N) is 2. The maximum Gasteiger partial charge on any atom is 0.236 e. The van der Waals surface area contributed by atoms with Gasteiger partial charge in [-0.15, -0.1) is 0 Å². The van der Waals surface area contributed by atoms with Gasteiger partial charge in [0, 0.05) is 25.7 Å². The Morgan fingerprint density at radius 2 is 1.88 bits per heavy atom. The van der Waals surface area contributed by atoms with Gasteiger partial charge in [0.1, 0.15) is 0 Å². The molecule has 132 valence electrons. The molecule has 0 aromatic heterocycles. The maximum absolute atomic E-state index is 12.6. The molecule has 2 fully saturated rings. The first kappa shape index (κ1) is 17.4. The van der Waals surface area contributed by atoms with Crippen LogP contribution in [0, 0.1) is 5.92 Å². The smallest absolute Gasteiger partial charge is 0.236 e. The Hall–Kier alpha value is -1.39. The van der Waals surface area contributed by atoms with E-state index in [1.807, 2.05) is 7.05 Å². The summed E-state index contributed by atoms with van der Waals surface area (Å²) in [7, 11) is 2.02. The molecule has 2 saturated heterocycles. The second-order valence-corrected chi connectivity index (χ2v) is 7.38. The molecule has 4 nitrogen and oxygen atoms in total. The van der Waals surface area contributed by atoms with Crippen LogP contribution in [0.1, 0.15) is 31.2 Å². The number of likely N-dealkylation sites (tertiary alicyclic amines) is 2. The van der Waals surface area contributed by atoms with Crippen molar-refractivity contribution in [2.24, 2.45) is 5.92 Å². The van der Waals surface area contributed by atoms with Gasteiger partial charge in [0.15, 0.2) is 0 Å². The molecule has 4 heteroatoms. The highest BCUT2D eigenvalue weighted by atomic mass is 16.2. The molecule has 1 unspecified atom stereocenters. The fraction of sp³-hybridized carbons (Fsp3) is 0.650. The average molecular weight is 329 g/mol. The Kier molecular flexibility index (Phi) is 6.27. The lowest BCUT2D eigenvalue weighted by molar-refractivity contribution is -0.134. The zero-order valence-corrected chi connectivity index (χ0v) is 14.9. The summed E-state index contributed by atoms with van der Waals surface area (Å²) in [6.45, 7) is 4.53. The molecule has 1 atom stereocenters. The highest BCUT2D eigenvalue weighted by Crippen LogP contribution is 2.22. The monoisotopic (exact) mass is 329 g/mol. The third kappa shape index (κ3) is 4.81. The highest BCUT2D eigenvalue weighted by molar-refractivity contribution is 5.78. The fourth-order valence-corrected chi connectivity index (χ4v) is 4.06. The number of benzene rings is 1. The molecule has 0 bridgehead atoms. The SMILES string of the molecule is CNC1CCCN(CC(=O)N2CCC(Cc3ccccc3)CC2)C1. The number of rotatable bonds is 5. The van der Waals surface area contributed by atoms with Crippen molar-refractivity contribution < 1.29 is 4.79 Å². The van der Waals surface area contributed by atoms with Gasteiger partial charge < -0.3 is 10.2 Å². The van der Waals surface area contributed by atoms with E-state index in [0.29, 0.717) is 18.5 Å². The second-order valence-electron chi connectivity index (χ2n) is 7.38. The van der Waals surface area contributed by atoms with Crippen LogP contribution in [0.3, 0.4) is 0 Å². The Balaban J connectivity index is 1.42. The molecule has 2 aliphatic heterocycles. The molecule has 0 aliphatic carbocycles. The van der Waals surface area contributed by atoms with E-state index in [4.69, 9.17) is 0 Å². The number of hydrogen-bond acceptors (Lipinski definition) is 3. The molecule has 0 radical (unpaired) electrons. The molecule has 1 aromatic carbocycles. The van der Waals surface area contributed by atoms with Crippen LogP contribution in [0.5, 0.6) is 0 Å². The Bertz CT molecular complexity index is 511. The van der Waals surface area contributed by atoms with Crippen LogP contribution < -0.4 is 5.32 Å². The van der Waals surface area contributed by atoms with Crippen LogP contribution in [0.2, 0.25) is 0 Å². The van der Waals surface area contributed by atoms with Gasteiger partial charge in [-0.2, -0.15) is 0 Å². The van der Waals surface area contributed by atoms with Crippen LogP contribution in [0.25, 0.3) is 0 Å². The first-order valence-electron chi connectivity index (χ1n) is 9.46.